The molecule has 0 aromatic heterocycles. The molecule has 3 heteroatoms. The molecular weight excluding hydrogens is 164 g/mol. The first-order chi connectivity index (χ1) is 6.16. The Bertz CT molecular complexity index is 176. The highest BCUT2D eigenvalue weighted by Gasteiger charge is 2.25. The van der Waals surface area contributed by atoms with Gasteiger partial charge < -0.3 is 10.6 Å². The lowest BCUT2D eigenvalue weighted by molar-refractivity contribution is -0.133. The van der Waals surface area contributed by atoms with E-state index in [1.54, 1.807) is 0 Å². The molecule has 0 aromatic rings. The smallest absolute Gasteiger partial charge is 0.239 e. The minimum atomic E-state index is -0.300. The van der Waals surface area contributed by atoms with Gasteiger partial charge in [-0.25, -0.2) is 0 Å². The van der Waals surface area contributed by atoms with Crippen LogP contribution in [0.1, 0.15) is 39.0 Å². The van der Waals surface area contributed by atoms with Gasteiger partial charge in [0.1, 0.15) is 0 Å². The number of carbonyl (C=O) groups excluding carboxylic acids is 1. The highest BCUT2D eigenvalue weighted by molar-refractivity contribution is 5.81. The first kappa shape index (κ1) is 10.5. The second-order valence-corrected chi connectivity index (χ2v) is 3.90. The van der Waals surface area contributed by atoms with E-state index in [1.165, 1.54) is 12.8 Å². The van der Waals surface area contributed by atoms with Crippen molar-refractivity contribution in [1.29, 1.82) is 0 Å². The van der Waals surface area contributed by atoms with Crippen LogP contribution in [0.2, 0.25) is 0 Å². The second kappa shape index (κ2) is 4.61. The van der Waals surface area contributed by atoms with Gasteiger partial charge in [0.15, 0.2) is 0 Å². The zero-order valence-electron chi connectivity index (χ0n) is 8.62. The number of nitrogens with zero attached hydrogens (tertiary/aromatic N) is 1. The molecular formula is C10H20N2O. The standard InChI is InChI=1S/C10H20N2O/c1-3-9(11)10(13)12(2)8-6-4-5-7-8/h8-9H,3-7,11H2,1-2H3/t9-/m0/s1. The fourth-order valence-corrected chi connectivity index (χ4v) is 1.91. The van der Waals surface area contributed by atoms with E-state index in [1.807, 2.05) is 18.9 Å². The predicted octanol–water partition coefficient (Wildman–Crippen LogP) is 1.12. The number of hydrogen-bond donors (Lipinski definition) is 1. The fraction of sp³-hybridized carbons (Fsp3) is 0.900. The number of rotatable bonds is 3. The highest BCUT2D eigenvalue weighted by Crippen LogP contribution is 2.22. The normalized spacial score (nSPS) is 20.2. The van der Waals surface area contributed by atoms with Gasteiger partial charge in [-0.1, -0.05) is 19.8 Å². The van der Waals surface area contributed by atoms with E-state index in [2.05, 4.69) is 0 Å². The van der Waals surface area contributed by atoms with Crippen LogP contribution in [0.25, 0.3) is 0 Å². The Morgan fingerprint density at radius 1 is 1.54 bits per heavy atom. The van der Waals surface area contributed by atoms with Gasteiger partial charge in [0.2, 0.25) is 5.91 Å². The van der Waals surface area contributed by atoms with Crippen LogP contribution in [0.3, 0.4) is 0 Å². The maximum Gasteiger partial charge on any atom is 0.239 e. The van der Waals surface area contributed by atoms with Gasteiger partial charge in [-0.3, -0.25) is 4.79 Å². The van der Waals surface area contributed by atoms with Crippen molar-refractivity contribution in [2.24, 2.45) is 5.73 Å². The molecule has 1 saturated carbocycles. The summed E-state index contributed by atoms with van der Waals surface area (Å²) in [6.07, 6.45) is 5.54. The topological polar surface area (TPSA) is 46.3 Å². The summed E-state index contributed by atoms with van der Waals surface area (Å²) in [5, 5.41) is 0. The van der Waals surface area contributed by atoms with Crippen LogP contribution in [-0.2, 0) is 4.79 Å². The van der Waals surface area contributed by atoms with Gasteiger partial charge >= 0.3 is 0 Å². The van der Waals surface area contributed by atoms with Crippen molar-refractivity contribution in [3.05, 3.63) is 0 Å². The van der Waals surface area contributed by atoms with Crippen molar-refractivity contribution in [2.75, 3.05) is 7.05 Å². The van der Waals surface area contributed by atoms with E-state index in [0.29, 0.717) is 6.04 Å². The molecule has 0 saturated heterocycles. The van der Waals surface area contributed by atoms with Crippen molar-refractivity contribution < 1.29 is 4.79 Å². The monoisotopic (exact) mass is 184 g/mol. The second-order valence-electron chi connectivity index (χ2n) is 3.90. The average molecular weight is 184 g/mol. The Kier molecular flexibility index (Phi) is 3.72. The van der Waals surface area contributed by atoms with Gasteiger partial charge in [-0.2, -0.15) is 0 Å². The summed E-state index contributed by atoms with van der Waals surface area (Å²) in [6.45, 7) is 1.95. The molecule has 1 atom stereocenters. The van der Waals surface area contributed by atoms with E-state index in [9.17, 15) is 4.79 Å². The first-order valence-corrected chi connectivity index (χ1v) is 5.19. The van der Waals surface area contributed by atoms with Crippen LogP contribution < -0.4 is 5.73 Å². The minimum absolute atomic E-state index is 0.106. The molecule has 13 heavy (non-hydrogen) atoms. The third-order valence-corrected chi connectivity index (χ3v) is 2.98. The zero-order valence-corrected chi connectivity index (χ0v) is 8.62. The molecule has 2 N–H and O–H groups in total. The van der Waals surface area contributed by atoms with Crippen LogP contribution in [0, 0.1) is 0 Å². The Balaban J connectivity index is 2.45. The maximum absolute atomic E-state index is 11.7. The summed E-state index contributed by atoms with van der Waals surface area (Å²) >= 11 is 0. The number of amides is 1. The van der Waals surface area contributed by atoms with Crippen LogP contribution >= 0.6 is 0 Å². The minimum Gasteiger partial charge on any atom is -0.341 e. The highest BCUT2D eigenvalue weighted by atomic mass is 16.2. The van der Waals surface area contributed by atoms with Gasteiger partial charge in [0.05, 0.1) is 6.04 Å². The quantitative estimate of drug-likeness (QED) is 0.714. The Labute approximate surface area is 80.3 Å². The summed E-state index contributed by atoms with van der Waals surface area (Å²) in [6, 6.07) is 0.149. The molecule has 76 valence electrons. The van der Waals surface area contributed by atoms with Crippen LogP contribution in [0.5, 0.6) is 0 Å². The van der Waals surface area contributed by atoms with E-state index < -0.39 is 0 Å². The lowest BCUT2D eigenvalue weighted by Crippen LogP contribution is -2.45. The summed E-state index contributed by atoms with van der Waals surface area (Å²) in [7, 11) is 1.88. The third kappa shape index (κ3) is 2.44. The molecule has 0 heterocycles. The molecule has 0 aliphatic heterocycles. The number of hydrogen-bond acceptors (Lipinski definition) is 2. The molecule has 0 spiro atoms. The molecule has 0 bridgehead atoms. The number of likely N-dealkylation sites (N-methyl/N-ethyl adjacent to an activating group) is 1. The van der Waals surface area contributed by atoms with E-state index in [4.69, 9.17) is 5.73 Å². The van der Waals surface area contributed by atoms with Crippen molar-refractivity contribution >= 4 is 5.91 Å². The van der Waals surface area contributed by atoms with Crippen molar-refractivity contribution in [1.82, 2.24) is 4.90 Å². The van der Waals surface area contributed by atoms with Gasteiger partial charge in [0, 0.05) is 13.1 Å². The molecule has 1 aliphatic carbocycles. The summed E-state index contributed by atoms with van der Waals surface area (Å²) < 4.78 is 0. The zero-order chi connectivity index (χ0) is 9.84. The molecule has 1 amide bonds. The summed E-state index contributed by atoms with van der Waals surface area (Å²) in [5.41, 5.74) is 5.69. The molecule has 0 unspecified atom stereocenters. The van der Waals surface area contributed by atoms with Gasteiger partial charge in [-0.05, 0) is 19.3 Å². The van der Waals surface area contributed by atoms with Crippen molar-refractivity contribution in [3.63, 3.8) is 0 Å². The van der Waals surface area contributed by atoms with Gasteiger partial charge in [-0.15, -0.1) is 0 Å². The third-order valence-electron chi connectivity index (χ3n) is 2.98. The van der Waals surface area contributed by atoms with Crippen molar-refractivity contribution in [3.8, 4) is 0 Å². The number of carbonyl (C=O) groups is 1. The van der Waals surface area contributed by atoms with E-state index >= 15 is 0 Å². The van der Waals surface area contributed by atoms with E-state index in [-0.39, 0.29) is 11.9 Å². The predicted molar refractivity (Wildman–Crippen MR) is 53.3 cm³/mol. The Hall–Kier alpha value is -0.570. The van der Waals surface area contributed by atoms with Crippen molar-refractivity contribution in [2.45, 2.75) is 51.1 Å². The molecule has 3 nitrogen and oxygen atoms in total. The fourth-order valence-electron chi connectivity index (χ4n) is 1.91. The number of nitrogens with two attached hydrogens (primary N) is 1. The van der Waals surface area contributed by atoms with E-state index in [0.717, 1.165) is 19.3 Å². The van der Waals surface area contributed by atoms with Crippen LogP contribution in [0.15, 0.2) is 0 Å². The summed E-state index contributed by atoms with van der Waals surface area (Å²) in [4.78, 5) is 13.5. The molecule has 0 radical (unpaired) electrons. The maximum atomic E-state index is 11.7. The lowest BCUT2D eigenvalue weighted by Gasteiger charge is -2.26. The SMILES string of the molecule is CC[C@H](N)C(=O)N(C)C1CCCC1. The molecule has 0 aromatic carbocycles. The molecule has 1 aliphatic rings. The van der Waals surface area contributed by atoms with Gasteiger partial charge in [0.25, 0.3) is 0 Å². The average Bonchev–Trinajstić information content (AvgIpc) is 2.67. The Morgan fingerprint density at radius 3 is 2.54 bits per heavy atom. The first-order valence-electron chi connectivity index (χ1n) is 5.19. The lowest BCUT2D eigenvalue weighted by atomic mass is 10.1. The molecule has 1 rings (SSSR count). The van der Waals surface area contributed by atoms with Crippen LogP contribution in [-0.4, -0.2) is 29.9 Å². The molecule has 1 fully saturated rings. The Morgan fingerprint density at radius 2 is 2.08 bits per heavy atom. The van der Waals surface area contributed by atoms with Crippen LogP contribution in [0.4, 0.5) is 0 Å². The summed E-state index contributed by atoms with van der Waals surface area (Å²) in [5.74, 6) is 0.106. The largest absolute Gasteiger partial charge is 0.341 e.